The molecule has 5 heteroatoms. The molecule has 1 heterocycles. The SMILES string of the molecule is O=C(CSc1nc2ccccc2n1CCc1ccccc1)Nc1ccc2c(c1)CCC2. The lowest BCUT2D eigenvalue weighted by atomic mass is 10.1. The first-order valence-electron chi connectivity index (χ1n) is 10.8. The number of nitrogens with one attached hydrogen (secondary N) is 1. The first-order chi connectivity index (χ1) is 15.3. The molecule has 1 N–H and O–H groups in total. The highest BCUT2D eigenvalue weighted by Crippen LogP contribution is 2.27. The van der Waals surface area contributed by atoms with Crippen molar-refractivity contribution in [3.8, 4) is 0 Å². The molecule has 0 bridgehead atoms. The van der Waals surface area contributed by atoms with E-state index in [1.165, 1.54) is 34.9 Å². The van der Waals surface area contributed by atoms with E-state index in [2.05, 4.69) is 52.3 Å². The average Bonchev–Trinajstić information content (AvgIpc) is 3.41. The van der Waals surface area contributed by atoms with Crippen LogP contribution in [0, 0.1) is 0 Å². The first kappa shape index (κ1) is 19.9. The summed E-state index contributed by atoms with van der Waals surface area (Å²) in [5, 5.41) is 3.95. The zero-order valence-corrected chi connectivity index (χ0v) is 18.2. The molecule has 1 aromatic heterocycles. The summed E-state index contributed by atoms with van der Waals surface area (Å²) in [5.74, 6) is 0.343. The smallest absolute Gasteiger partial charge is 0.234 e. The third-order valence-electron chi connectivity index (χ3n) is 5.80. The fraction of sp³-hybridized carbons (Fsp3) is 0.231. The second kappa shape index (κ2) is 8.98. The van der Waals surface area contributed by atoms with E-state index in [-0.39, 0.29) is 5.91 Å². The summed E-state index contributed by atoms with van der Waals surface area (Å²) in [6, 6.07) is 24.9. The number of fused-ring (bicyclic) bond motifs is 2. The molecule has 0 saturated heterocycles. The van der Waals surface area contributed by atoms with Crippen LogP contribution >= 0.6 is 11.8 Å². The van der Waals surface area contributed by atoms with Crippen molar-refractivity contribution in [2.75, 3.05) is 11.1 Å². The number of anilines is 1. The van der Waals surface area contributed by atoms with Gasteiger partial charge in [-0.3, -0.25) is 4.79 Å². The topological polar surface area (TPSA) is 46.9 Å². The molecule has 0 unspecified atom stereocenters. The zero-order valence-electron chi connectivity index (χ0n) is 17.4. The number of aromatic nitrogens is 2. The quantitative estimate of drug-likeness (QED) is 0.396. The Morgan fingerprint density at radius 3 is 2.68 bits per heavy atom. The van der Waals surface area contributed by atoms with Gasteiger partial charge in [0, 0.05) is 12.2 Å². The number of aryl methyl sites for hydroxylation is 4. The lowest BCUT2D eigenvalue weighted by Gasteiger charge is -2.10. The van der Waals surface area contributed by atoms with Crippen LogP contribution in [-0.4, -0.2) is 21.2 Å². The molecule has 0 fully saturated rings. The van der Waals surface area contributed by atoms with Gasteiger partial charge >= 0.3 is 0 Å². The molecule has 31 heavy (non-hydrogen) atoms. The van der Waals surface area contributed by atoms with Crippen LogP contribution in [0.4, 0.5) is 5.69 Å². The van der Waals surface area contributed by atoms with Gasteiger partial charge in [0.05, 0.1) is 16.8 Å². The number of carbonyl (C=O) groups is 1. The van der Waals surface area contributed by atoms with Gasteiger partial charge in [0.25, 0.3) is 0 Å². The summed E-state index contributed by atoms with van der Waals surface area (Å²) < 4.78 is 2.23. The highest BCUT2D eigenvalue weighted by molar-refractivity contribution is 7.99. The molecule has 5 rings (SSSR count). The molecule has 0 saturated carbocycles. The minimum absolute atomic E-state index is 0.00427. The van der Waals surface area contributed by atoms with Crippen molar-refractivity contribution in [2.45, 2.75) is 37.4 Å². The van der Waals surface area contributed by atoms with Crippen molar-refractivity contribution < 1.29 is 4.79 Å². The maximum atomic E-state index is 12.6. The molecule has 0 spiro atoms. The summed E-state index contributed by atoms with van der Waals surface area (Å²) in [4.78, 5) is 17.4. The molecule has 4 nitrogen and oxygen atoms in total. The van der Waals surface area contributed by atoms with Crippen LogP contribution < -0.4 is 5.32 Å². The predicted octanol–water partition coefficient (Wildman–Crippen LogP) is 5.50. The van der Waals surface area contributed by atoms with Gasteiger partial charge in [0.2, 0.25) is 5.91 Å². The Labute approximate surface area is 186 Å². The van der Waals surface area contributed by atoms with E-state index in [0.717, 1.165) is 47.7 Å². The number of benzene rings is 3. The minimum atomic E-state index is 0.00427. The van der Waals surface area contributed by atoms with Crippen molar-refractivity contribution in [3.05, 3.63) is 89.5 Å². The Hall–Kier alpha value is -3.05. The maximum Gasteiger partial charge on any atom is 0.234 e. The van der Waals surface area contributed by atoms with Crippen LogP contribution in [0.3, 0.4) is 0 Å². The number of amides is 1. The van der Waals surface area contributed by atoms with Crippen LogP contribution in [-0.2, 0) is 30.6 Å². The lowest BCUT2D eigenvalue weighted by Crippen LogP contribution is -2.15. The standard InChI is InChI=1S/C26H25N3OS/c30-25(27-22-14-13-20-9-6-10-21(20)17-22)18-31-26-28-23-11-4-5-12-24(23)29(26)16-15-19-7-2-1-3-8-19/h1-5,7-8,11-14,17H,6,9-10,15-16,18H2,(H,27,30). The molecular weight excluding hydrogens is 402 g/mol. The van der Waals surface area contributed by atoms with Gasteiger partial charge in [0.15, 0.2) is 5.16 Å². The van der Waals surface area contributed by atoms with E-state index in [1.807, 2.05) is 30.3 Å². The second-order valence-corrected chi connectivity index (χ2v) is 8.89. The van der Waals surface area contributed by atoms with E-state index in [1.54, 1.807) is 0 Å². The number of thioether (sulfide) groups is 1. The maximum absolute atomic E-state index is 12.6. The Morgan fingerprint density at radius 2 is 1.77 bits per heavy atom. The third-order valence-corrected chi connectivity index (χ3v) is 6.78. The molecular formula is C26H25N3OS. The summed E-state index contributed by atoms with van der Waals surface area (Å²) in [5.41, 5.74) is 7.05. The van der Waals surface area contributed by atoms with E-state index in [9.17, 15) is 4.79 Å². The number of hydrogen-bond donors (Lipinski definition) is 1. The monoisotopic (exact) mass is 427 g/mol. The van der Waals surface area contributed by atoms with Gasteiger partial charge in [-0.05, 0) is 66.6 Å². The summed E-state index contributed by atoms with van der Waals surface area (Å²) in [7, 11) is 0. The van der Waals surface area contributed by atoms with E-state index in [0.29, 0.717) is 5.75 Å². The molecule has 1 aliphatic rings. The van der Waals surface area contributed by atoms with E-state index in [4.69, 9.17) is 4.98 Å². The number of hydrogen-bond acceptors (Lipinski definition) is 3. The van der Waals surface area contributed by atoms with Crippen LogP contribution in [0.1, 0.15) is 23.1 Å². The fourth-order valence-electron chi connectivity index (χ4n) is 4.24. The lowest BCUT2D eigenvalue weighted by molar-refractivity contribution is -0.113. The summed E-state index contributed by atoms with van der Waals surface area (Å²) in [6.45, 7) is 0.833. The number of carbonyl (C=O) groups excluding carboxylic acids is 1. The van der Waals surface area contributed by atoms with Crippen molar-refractivity contribution in [1.82, 2.24) is 9.55 Å². The molecule has 156 valence electrons. The fourth-order valence-corrected chi connectivity index (χ4v) is 5.08. The Kier molecular flexibility index (Phi) is 5.76. The first-order valence-corrected chi connectivity index (χ1v) is 11.8. The van der Waals surface area contributed by atoms with Crippen LogP contribution in [0.5, 0.6) is 0 Å². The van der Waals surface area contributed by atoms with E-state index >= 15 is 0 Å². The van der Waals surface area contributed by atoms with Gasteiger partial charge in [-0.2, -0.15) is 0 Å². The van der Waals surface area contributed by atoms with Crippen LogP contribution in [0.15, 0.2) is 78.0 Å². The predicted molar refractivity (Wildman–Crippen MR) is 128 cm³/mol. The Balaban J connectivity index is 1.28. The van der Waals surface area contributed by atoms with Crippen LogP contribution in [0.2, 0.25) is 0 Å². The van der Waals surface area contributed by atoms with Gasteiger partial charge in [-0.25, -0.2) is 4.98 Å². The minimum Gasteiger partial charge on any atom is -0.325 e. The van der Waals surface area contributed by atoms with Crippen molar-refractivity contribution in [1.29, 1.82) is 0 Å². The third kappa shape index (κ3) is 4.52. The normalized spacial score (nSPS) is 12.8. The molecule has 0 atom stereocenters. The Morgan fingerprint density at radius 1 is 0.968 bits per heavy atom. The highest BCUT2D eigenvalue weighted by Gasteiger charge is 2.15. The number of nitrogens with zero attached hydrogens (tertiary/aromatic N) is 2. The number of para-hydroxylation sites is 2. The molecule has 3 aromatic carbocycles. The number of rotatable bonds is 7. The van der Waals surface area contributed by atoms with Gasteiger partial charge in [-0.15, -0.1) is 0 Å². The van der Waals surface area contributed by atoms with Crippen molar-refractivity contribution in [2.24, 2.45) is 0 Å². The largest absolute Gasteiger partial charge is 0.325 e. The second-order valence-electron chi connectivity index (χ2n) is 7.94. The van der Waals surface area contributed by atoms with Gasteiger partial charge in [0.1, 0.15) is 0 Å². The molecule has 0 radical (unpaired) electrons. The molecule has 4 aromatic rings. The van der Waals surface area contributed by atoms with Crippen LogP contribution in [0.25, 0.3) is 11.0 Å². The molecule has 1 amide bonds. The van der Waals surface area contributed by atoms with Gasteiger partial charge in [-0.1, -0.05) is 60.3 Å². The molecule has 1 aliphatic carbocycles. The zero-order chi connectivity index (χ0) is 21.0. The highest BCUT2D eigenvalue weighted by atomic mass is 32.2. The van der Waals surface area contributed by atoms with Gasteiger partial charge < -0.3 is 9.88 Å². The average molecular weight is 428 g/mol. The summed E-state index contributed by atoms with van der Waals surface area (Å²) >= 11 is 1.50. The van der Waals surface area contributed by atoms with E-state index < -0.39 is 0 Å². The molecule has 0 aliphatic heterocycles. The van der Waals surface area contributed by atoms with Crippen molar-refractivity contribution >= 4 is 34.4 Å². The van der Waals surface area contributed by atoms with Crippen molar-refractivity contribution in [3.63, 3.8) is 0 Å². The summed E-state index contributed by atoms with van der Waals surface area (Å²) in [6.07, 6.45) is 4.40. The Bertz CT molecular complexity index is 1220. The number of imidazole rings is 1.